The molecule has 0 saturated heterocycles. The Kier molecular flexibility index (Phi) is 5.84. The van der Waals surface area contributed by atoms with Gasteiger partial charge in [-0.3, -0.25) is 19.6 Å². The van der Waals surface area contributed by atoms with Crippen molar-refractivity contribution in [3.05, 3.63) is 72.6 Å². The van der Waals surface area contributed by atoms with Crippen LogP contribution in [0.2, 0.25) is 5.02 Å². The maximum atomic E-state index is 12.5. The topological polar surface area (TPSA) is 99.3 Å². The Balaban J connectivity index is 1.92. The second-order valence-electron chi connectivity index (χ2n) is 5.94. The molecule has 10 heteroatoms. The van der Waals surface area contributed by atoms with Crippen molar-refractivity contribution in [3.8, 4) is 11.5 Å². The van der Waals surface area contributed by atoms with Gasteiger partial charge in [-0.1, -0.05) is 11.6 Å². The van der Waals surface area contributed by atoms with E-state index in [1.807, 2.05) is 29.5 Å². The normalized spacial score (nSPS) is 10.6. The number of ether oxygens (including phenoxy) is 1. The van der Waals surface area contributed by atoms with Crippen molar-refractivity contribution in [3.63, 3.8) is 0 Å². The summed E-state index contributed by atoms with van der Waals surface area (Å²) >= 11 is 7.94. The summed E-state index contributed by atoms with van der Waals surface area (Å²) in [5, 5.41) is 18.6. The zero-order valence-corrected chi connectivity index (χ0v) is 17.7. The minimum atomic E-state index is -0.554. The molecule has 0 atom stereocenters. The second-order valence-corrected chi connectivity index (χ2v) is 7.54. The zero-order chi connectivity index (χ0) is 20.4. The highest BCUT2D eigenvalue weighted by Gasteiger charge is 2.18. The molecule has 1 amide bonds. The minimum Gasteiger partial charge on any atom is -0.457 e. The van der Waals surface area contributed by atoms with Crippen LogP contribution in [-0.2, 0) is 7.05 Å². The highest BCUT2D eigenvalue weighted by atomic mass is 127. The van der Waals surface area contributed by atoms with Crippen LogP contribution in [0.25, 0.3) is 0 Å². The first-order valence-electron chi connectivity index (χ1n) is 7.97. The predicted molar refractivity (Wildman–Crippen MR) is 113 cm³/mol. The van der Waals surface area contributed by atoms with E-state index in [0.717, 1.165) is 5.56 Å². The standard InChI is InChI=1S/C18H14ClIN4O4/c1-10-5-11(19)3-4-16(10)28-14-7-12(6-13(8-14)24(26)27)21-18(25)17-15(20)9-23(2)22-17/h3-9H,1-2H3,(H,21,25). The van der Waals surface area contributed by atoms with Crippen molar-refractivity contribution in [2.45, 2.75) is 6.92 Å². The fourth-order valence-corrected chi connectivity index (χ4v) is 3.46. The lowest BCUT2D eigenvalue weighted by molar-refractivity contribution is -0.384. The molecule has 0 bridgehead atoms. The van der Waals surface area contributed by atoms with Crippen LogP contribution in [0.4, 0.5) is 11.4 Å². The Morgan fingerprint density at radius 2 is 2.07 bits per heavy atom. The van der Waals surface area contributed by atoms with Gasteiger partial charge in [0.25, 0.3) is 11.6 Å². The van der Waals surface area contributed by atoms with E-state index < -0.39 is 10.8 Å². The first-order chi connectivity index (χ1) is 13.2. The van der Waals surface area contributed by atoms with Crippen molar-refractivity contribution in [2.24, 2.45) is 7.05 Å². The zero-order valence-electron chi connectivity index (χ0n) is 14.8. The number of amides is 1. The first-order valence-corrected chi connectivity index (χ1v) is 9.42. The van der Waals surface area contributed by atoms with Gasteiger partial charge in [0.05, 0.1) is 20.2 Å². The van der Waals surface area contributed by atoms with E-state index in [9.17, 15) is 14.9 Å². The smallest absolute Gasteiger partial charge is 0.277 e. The average molecular weight is 513 g/mol. The van der Waals surface area contributed by atoms with Gasteiger partial charge in [-0.15, -0.1) is 0 Å². The number of aryl methyl sites for hydroxylation is 2. The summed E-state index contributed by atoms with van der Waals surface area (Å²) in [6.07, 6.45) is 1.70. The summed E-state index contributed by atoms with van der Waals surface area (Å²) in [5.74, 6) is 0.242. The molecule has 0 fully saturated rings. The van der Waals surface area contributed by atoms with Gasteiger partial charge in [0.2, 0.25) is 0 Å². The number of carbonyl (C=O) groups excluding carboxylic acids is 1. The number of benzene rings is 2. The quantitative estimate of drug-likeness (QED) is 0.297. The SMILES string of the molecule is Cc1cc(Cl)ccc1Oc1cc(NC(=O)c2nn(C)cc2I)cc([N+](=O)[O-])c1. The third-order valence-corrected chi connectivity index (χ3v) is 4.75. The Morgan fingerprint density at radius 3 is 2.68 bits per heavy atom. The van der Waals surface area contributed by atoms with Crippen LogP contribution in [-0.4, -0.2) is 20.6 Å². The van der Waals surface area contributed by atoms with Gasteiger partial charge in [0.15, 0.2) is 5.69 Å². The van der Waals surface area contributed by atoms with Crippen LogP contribution >= 0.6 is 34.2 Å². The van der Waals surface area contributed by atoms with Crippen LogP contribution < -0.4 is 10.1 Å². The molecule has 0 spiro atoms. The number of rotatable bonds is 5. The van der Waals surface area contributed by atoms with E-state index in [-0.39, 0.29) is 22.8 Å². The van der Waals surface area contributed by atoms with Crippen molar-refractivity contribution < 1.29 is 14.5 Å². The molecular formula is C18H14ClIN4O4. The monoisotopic (exact) mass is 512 g/mol. The molecule has 3 aromatic rings. The molecule has 0 unspecified atom stereocenters. The van der Waals surface area contributed by atoms with E-state index in [0.29, 0.717) is 14.3 Å². The lowest BCUT2D eigenvalue weighted by Crippen LogP contribution is -2.14. The highest BCUT2D eigenvalue weighted by Crippen LogP contribution is 2.32. The maximum Gasteiger partial charge on any atom is 0.277 e. The molecule has 0 saturated carbocycles. The lowest BCUT2D eigenvalue weighted by atomic mass is 10.2. The molecule has 144 valence electrons. The Bertz CT molecular complexity index is 1080. The third-order valence-electron chi connectivity index (χ3n) is 3.72. The van der Waals surface area contributed by atoms with E-state index in [1.54, 1.807) is 31.4 Å². The molecule has 8 nitrogen and oxygen atoms in total. The van der Waals surface area contributed by atoms with Gasteiger partial charge in [0, 0.05) is 30.4 Å². The van der Waals surface area contributed by atoms with Crippen LogP contribution in [0.5, 0.6) is 11.5 Å². The maximum absolute atomic E-state index is 12.5. The lowest BCUT2D eigenvalue weighted by Gasteiger charge is -2.11. The molecule has 0 aliphatic heterocycles. The van der Waals surface area contributed by atoms with Gasteiger partial charge in [0.1, 0.15) is 11.5 Å². The number of nitro groups is 1. The fraction of sp³-hybridized carbons (Fsp3) is 0.111. The van der Waals surface area contributed by atoms with Crippen LogP contribution in [0.3, 0.4) is 0 Å². The van der Waals surface area contributed by atoms with Crippen molar-refractivity contribution in [1.29, 1.82) is 0 Å². The molecule has 0 aliphatic rings. The summed E-state index contributed by atoms with van der Waals surface area (Å²) in [5.41, 5.74) is 1.01. The molecule has 1 heterocycles. The second kappa shape index (κ2) is 8.15. The fourth-order valence-electron chi connectivity index (χ4n) is 2.48. The Labute approximate surface area is 178 Å². The van der Waals surface area contributed by atoms with E-state index in [2.05, 4.69) is 10.4 Å². The van der Waals surface area contributed by atoms with Gasteiger partial charge < -0.3 is 10.1 Å². The van der Waals surface area contributed by atoms with E-state index in [1.165, 1.54) is 22.9 Å². The Hall–Kier alpha value is -2.66. The van der Waals surface area contributed by atoms with Crippen LogP contribution in [0.1, 0.15) is 16.1 Å². The molecule has 0 aliphatic carbocycles. The molecule has 2 aromatic carbocycles. The number of nitrogens with one attached hydrogen (secondary N) is 1. The Morgan fingerprint density at radius 1 is 1.32 bits per heavy atom. The van der Waals surface area contributed by atoms with Crippen molar-refractivity contribution in [2.75, 3.05) is 5.32 Å². The van der Waals surface area contributed by atoms with Crippen molar-refractivity contribution >= 4 is 51.5 Å². The summed E-state index contributed by atoms with van der Waals surface area (Å²) in [6, 6.07) is 9.11. The number of nitro benzene ring substituents is 1. The number of halogens is 2. The molecule has 0 radical (unpaired) electrons. The summed E-state index contributed by atoms with van der Waals surface area (Å²) in [4.78, 5) is 23.2. The first kappa shape index (κ1) is 20.1. The predicted octanol–water partition coefficient (Wildman–Crippen LogP) is 4.94. The van der Waals surface area contributed by atoms with Crippen LogP contribution in [0.15, 0.2) is 42.6 Å². The van der Waals surface area contributed by atoms with Gasteiger partial charge in [-0.25, -0.2) is 0 Å². The van der Waals surface area contributed by atoms with Gasteiger partial charge >= 0.3 is 0 Å². The number of nitrogens with zero attached hydrogens (tertiary/aromatic N) is 3. The largest absolute Gasteiger partial charge is 0.457 e. The molecule has 1 N–H and O–H groups in total. The summed E-state index contributed by atoms with van der Waals surface area (Å²) in [7, 11) is 1.70. The van der Waals surface area contributed by atoms with Gasteiger partial charge in [-0.2, -0.15) is 5.10 Å². The number of hydrogen-bond donors (Lipinski definition) is 1. The summed E-state index contributed by atoms with van der Waals surface area (Å²) < 4.78 is 7.95. The molecule has 1 aromatic heterocycles. The number of non-ortho nitro benzene ring substituents is 1. The average Bonchev–Trinajstić information content (AvgIpc) is 2.95. The van der Waals surface area contributed by atoms with Crippen LogP contribution in [0, 0.1) is 20.6 Å². The van der Waals surface area contributed by atoms with Crippen molar-refractivity contribution in [1.82, 2.24) is 9.78 Å². The number of hydrogen-bond acceptors (Lipinski definition) is 5. The minimum absolute atomic E-state index is 0.213. The van der Waals surface area contributed by atoms with Gasteiger partial charge in [-0.05, 0) is 53.3 Å². The van der Waals surface area contributed by atoms with E-state index in [4.69, 9.17) is 16.3 Å². The molecular weight excluding hydrogens is 499 g/mol. The number of anilines is 1. The molecule has 28 heavy (non-hydrogen) atoms. The highest BCUT2D eigenvalue weighted by molar-refractivity contribution is 14.1. The third kappa shape index (κ3) is 4.60. The number of aromatic nitrogens is 2. The number of carbonyl (C=O) groups is 1. The van der Waals surface area contributed by atoms with E-state index >= 15 is 0 Å². The molecule has 3 rings (SSSR count). The summed E-state index contributed by atoms with van der Waals surface area (Å²) in [6.45, 7) is 1.81.